The van der Waals surface area contributed by atoms with E-state index in [2.05, 4.69) is 34.6 Å². The van der Waals surface area contributed by atoms with Crippen LogP contribution in [-0.2, 0) is 0 Å². The van der Waals surface area contributed by atoms with Crippen molar-refractivity contribution >= 4 is 0 Å². The van der Waals surface area contributed by atoms with Crippen molar-refractivity contribution in [3.05, 3.63) is 0 Å². The van der Waals surface area contributed by atoms with Gasteiger partial charge in [0.1, 0.15) is 0 Å². The van der Waals surface area contributed by atoms with Gasteiger partial charge in [0.25, 0.3) is 0 Å². The van der Waals surface area contributed by atoms with Gasteiger partial charge in [-0.25, -0.2) is 0 Å². The van der Waals surface area contributed by atoms with Crippen molar-refractivity contribution in [3.63, 3.8) is 0 Å². The Kier molecular flexibility index (Phi) is 3.43. The zero-order valence-electron chi connectivity index (χ0n) is 10.1. The molecule has 0 aliphatic heterocycles. The quantitative estimate of drug-likeness (QED) is 0.590. The molecule has 78 valence electrons. The Bertz CT molecular complexity index is 147. The van der Waals surface area contributed by atoms with Crippen molar-refractivity contribution < 1.29 is 0 Å². The number of rotatable bonds is 2. The fourth-order valence-corrected chi connectivity index (χ4v) is 2.87. The van der Waals surface area contributed by atoms with E-state index in [-0.39, 0.29) is 0 Å². The summed E-state index contributed by atoms with van der Waals surface area (Å²) in [4.78, 5) is 0. The van der Waals surface area contributed by atoms with E-state index in [1.54, 1.807) is 0 Å². The normalized spacial score (nSPS) is 36.2. The lowest BCUT2D eigenvalue weighted by molar-refractivity contribution is 0.0971. The number of hydrogen-bond donors (Lipinski definition) is 0. The molecule has 1 fully saturated rings. The fourth-order valence-electron chi connectivity index (χ4n) is 2.87. The van der Waals surface area contributed by atoms with Crippen LogP contribution >= 0.6 is 0 Å². The average molecular weight is 182 g/mol. The van der Waals surface area contributed by atoms with Gasteiger partial charge in [0.15, 0.2) is 0 Å². The Labute approximate surface area is 84.1 Å². The maximum atomic E-state index is 2.45. The van der Waals surface area contributed by atoms with Crippen LogP contribution in [0, 0.1) is 23.2 Å². The molecule has 0 N–H and O–H groups in total. The van der Waals surface area contributed by atoms with Gasteiger partial charge >= 0.3 is 0 Å². The molecule has 0 nitrogen and oxygen atoms in total. The fraction of sp³-hybridized carbons (Fsp3) is 1.00. The van der Waals surface area contributed by atoms with E-state index in [0.717, 1.165) is 17.8 Å². The molecule has 0 bridgehead atoms. The lowest BCUT2D eigenvalue weighted by Gasteiger charge is -2.41. The topological polar surface area (TPSA) is 0 Å². The van der Waals surface area contributed by atoms with Crippen LogP contribution in [0.2, 0.25) is 0 Å². The lowest BCUT2D eigenvalue weighted by atomic mass is 9.65. The first-order valence-electron chi connectivity index (χ1n) is 5.95. The summed E-state index contributed by atoms with van der Waals surface area (Å²) >= 11 is 0. The Morgan fingerprint density at radius 3 is 1.85 bits per heavy atom. The van der Waals surface area contributed by atoms with E-state index >= 15 is 0 Å². The molecule has 0 heterocycles. The second-order valence-electron chi connectivity index (χ2n) is 5.96. The smallest absolute Gasteiger partial charge is 0.0328 e. The first kappa shape index (κ1) is 11.1. The third kappa shape index (κ3) is 2.72. The standard InChI is InChI=1S/C13H26/c1-6-13(4,5)12-8-10(2)7-11(3)9-12/h10-12H,6-9H2,1-5H3. The van der Waals surface area contributed by atoms with Crippen LogP contribution in [0.15, 0.2) is 0 Å². The van der Waals surface area contributed by atoms with Crippen molar-refractivity contribution in [3.8, 4) is 0 Å². The van der Waals surface area contributed by atoms with Crippen LogP contribution in [-0.4, -0.2) is 0 Å². The van der Waals surface area contributed by atoms with Gasteiger partial charge in [-0.15, -0.1) is 0 Å². The van der Waals surface area contributed by atoms with E-state index in [4.69, 9.17) is 0 Å². The predicted octanol–water partition coefficient (Wildman–Crippen LogP) is 4.49. The predicted molar refractivity (Wildman–Crippen MR) is 59.7 cm³/mol. The second kappa shape index (κ2) is 4.02. The molecule has 13 heavy (non-hydrogen) atoms. The van der Waals surface area contributed by atoms with Gasteiger partial charge in [-0.05, 0) is 42.4 Å². The van der Waals surface area contributed by atoms with Gasteiger partial charge in [-0.1, -0.05) is 41.0 Å². The molecule has 1 saturated carbocycles. The average Bonchev–Trinajstić information content (AvgIpc) is 2.02. The molecule has 0 aromatic heterocycles. The lowest BCUT2D eigenvalue weighted by Crippen LogP contribution is -2.31. The largest absolute Gasteiger partial charge is 0.0649 e. The summed E-state index contributed by atoms with van der Waals surface area (Å²) in [5, 5.41) is 0. The zero-order valence-corrected chi connectivity index (χ0v) is 10.1. The summed E-state index contributed by atoms with van der Waals surface area (Å²) in [6, 6.07) is 0. The molecule has 0 radical (unpaired) electrons. The molecule has 1 aliphatic carbocycles. The molecule has 0 amide bonds. The molecular weight excluding hydrogens is 156 g/mol. The first-order chi connectivity index (χ1) is 5.95. The van der Waals surface area contributed by atoms with Crippen LogP contribution in [0.25, 0.3) is 0 Å². The van der Waals surface area contributed by atoms with E-state index in [0.29, 0.717) is 5.41 Å². The minimum absolute atomic E-state index is 0.572. The highest BCUT2D eigenvalue weighted by Crippen LogP contribution is 2.44. The molecule has 0 saturated heterocycles. The molecule has 0 aromatic rings. The van der Waals surface area contributed by atoms with E-state index in [1.165, 1.54) is 25.7 Å². The molecule has 0 aromatic carbocycles. The Morgan fingerprint density at radius 2 is 1.46 bits per heavy atom. The van der Waals surface area contributed by atoms with Crippen LogP contribution in [0.4, 0.5) is 0 Å². The molecule has 1 aliphatic rings. The van der Waals surface area contributed by atoms with Crippen LogP contribution in [0.3, 0.4) is 0 Å². The molecule has 2 unspecified atom stereocenters. The van der Waals surface area contributed by atoms with Crippen molar-refractivity contribution in [2.45, 2.75) is 60.3 Å². The van der Waals surface area contributed by atoms with Gasteiger partial charge in [-0.2, -0.15) is 0 Å². The van der Waals surface area contributed by atoms with E-state index in [1.807, 2.05) is 0 Å². The zero-order chi connectivity index (χ0) is 10.1. The van der Waals surface area contributed by atoms with Gasteiger partial charge in [0, 0.05) is 0 Å². The Hall–Kier alpha value is 0. The van der Waals surface area contributed by atoms with Crippen molar-refractivity contribution in [1.29, 1.82) is 0 Å². The van der Waals surface area contributed by atoms with Gasteiger partial charge in [0.2, 0.25) is 0 Å². The highest BCUT2D eigenvalue weighted by atomic mass is 14.4. The van der Waals surface area contributed by atoms with Crippen LogP contribution < -0.4 is 0 Å². The molecule has 0 heteroatoms. The summed E-state index contributed by atoms with van der Waals surface area (Å²) in [5.41, 5.74) is 0.572. The highest BCUT2D eigenvalue weighted by molar-refractivity contribution is 4.84. The summed E-state index contributed by atoms with van der Waals surface area (Å²) in [7, 11) is 0. The minimum atomic E-state index is 0.572. The summed E-state index contributed by atoms with van der Waals surface area (Å²) in [6.07, 6.45) is 5.71. The Morgan fingerprint density at radius 1 is 1.00 bits per heavy atom. The number of hydrogen-bond acceptors (Lipinski definition) is 0. The minimum Gasteiger partial charge on any atom is -0.0649 e. The maximum absolute atomic E-state index is 2.45. The molecular formula is C13H26. The van der Waals surface area contributed by atoms with Gasteiger partial charge < -0.3 is 0 Å². The summed E-state index contributed by atoms with van der Waals surface area (Å²) in [5.74, 6) is 2.88. The van der Waals surface area contributed by atoms with Crippen LogP contribution in [0.1, 0.15) is 60.3 Å². The van der Waals surface area contributed by atoms with Crippen molar-refractivity contribution in [2.24, 2.45) is 23.2 Å². The third-order valence-corrected chi connectivity index (χ3v) is 4.19. The molecule has 0 spiro atoms. The SMILES string of the molecule is CCC(C)(C)C1CC(C)CC(C)C1. The van der Waals surface area contributed by atoms with E-state index < -0.39 is 0 Å². The van der Waals surface area contributed by atoms with Crippen molar-refractivity contribution in [2.75, 3.05) is 0 Å². The van der Waals surface area contributed by atoms with Gasteiger partial charge in [-0.3, -0.25) is 0 Å². The first-order valence-corrected chi connectivity index (χ1v) is 5.95. The maximum Gasteiger partial charge on any atom is -0.0328 e. The molecule has 2 atom stereocenters. The third-order valence-electron chi connectivity index (χ3n) is 4.19. The molecule has 1 rings (SSSR count). The Balaban J connectivity index is 2.59. The van der Waals surface area contributed by atoms with Crippen molar-refractivity contribution in [1.82, 2.24) is 0 Å². The summed E-state index contributed by atoms with van der Waals surface area (Å²) in [6.45, 7) is 12.1. The second-order valence-corrected chi connectivity index (χ2v) is 5.96. The van der Waals surface area contributed by atoms with E-state index in [9.17, 15) is 0 Å². The monoisotopic (exact) mass is 182 g/mol. The van der Waals surface area contributed by atoms with Gasteiger partial charge in [0.05, 0.1) is 0 Å². The van der Waals surface area contributed by atoms with Crippen LogP contribution in [0.5, 0.6) is 0 Å². The summed E-state index contributed by atoms with van der Waals surface area (Å²) < 4.78 is 0. The highest BCUT2D eigenvalue weighted by Gasteiger charge is 2.33.